The summed E-state index contributed by atoms with van der Waals surface area (Å²) in [6.07, 6.45) is -15.3. The van der Waals surface area contributed by atoms with Gasteiger partial charge in [-0.05, 0) is 12.1 Å². The summed E-state index contributed by atoms with van der Waals surface area (Å²) in [7, 11) is 0. The molecule has 0 aromatic heterocycles. The number of nitrogens with two attached hydrogens (primary N) is 1. The number of carboxylic acid groups (broad SMARTS) is 3. The lowest BCUT2D eigenvalue weighted by Crippen LogP contribution is -2.21. The average molecular weight is 463 g/mol. The maximum absolute atomic E-state index is 10.6. The zero-order chi connectivity index (χ0) is 24.9. The number of aliphatic carboxylic acids is 3. The van der Waals surface area contributed by atoms with E-state index in [2.05, 4.69) is 0 Å². The van der Waals surface area contributed by atoms with Gasteiger partial charge in [0, 0.05) is 5.56 Å². The fourth-order valence-electron chi connectivity index (χ4n) is 0.602. The Balaban J connectivity index is -0.000000327. The monoisotopic (exact) mass is 463 g/mol. The van der Waals surface area contributed by atoms with Crippen LogP contribution in [0.15, 0.2) is 30.3 Å². The number of halogens is 9. The normalized spacial score (nSPS) is 10.6. The molecule has 0 fully saturated rings. The van der Waals surface area contributed by atoms with E-state index in [0.29, 0.717) is 5.56 Å². The second-order valence-corrected chi connectivity index (χ2v) is 4.14. The van der Waals surface area contributed by atoms with Crippen LogP contribution >= 0.6 is 0 Å². The molecule has 5 N–H and O–H groups in total. The summed E-state index contributed by atoms with van der Waals surface area (Å²) in [4.78, 5) is 37.1. The van der Waals surface area contributed by atoms with Crippen molar-refractivity contribution in [3.63, 3.8) is 0 Å². The molecule has 0 spiro atoms. The Morgan fingerprint density at radius 2 is 0.800 bits per heavy atom. The molecule has 0 saturated heterocycles. The molecule has 0 atom stereocenters. The third-order valence-electron chi connectivity index (χ3n) is 1.79. The van der Waals surface area contributed by atoms with Crippen molar-refractivity contribution in [2.45, 2.75) is 18.5 Å². The predicted octanol–water partition coefficient (Wildman–Crippen LogP) is 2.69. The number of carboxylic acids is 3. The smallest absolute Gasteiger partial charge is 0.475 e. The first-order valence-corrected chi connectivity index (χ1v) is 6.39. The van der Waals surface area contributed by atoms with Crippen molar-refractivity contribution in [1.29, 1.82) is 0 Å². The second-order valence-electron chi connectivity index (χ2n) is 4.14. The fraction of sp³-hybridized carbons (Fsp3) is 0.231. The number of carbonyl (C=O) groups is 4. The fourth-order valence-corrected chi connectivity index (χ4v) is 0.602. The van der Waals surface area contributed by atoms with Gasteiger partial charge >= 0.3 is 36.4 Å². The molecular weight excluding hydrogens is 453 g/mol. The van der Waals surface area contributed by atoms with Gasteiger partial charge in [0.25, 0.3) is 0 Å². The van der Waals surface area contributed by atoms with Crippen LogP contribution in [-0.4, -0.2) is 57.7 Å². The van der Waals surface area contributed by atoms with Crippen LogP contribution in [0.1, 0.15) is 10.4 Å². The number of carbonyl (C=O) groups excluding carboxylic acids is 1. The molecule has 0 aliphatic heterocycles. The van der Waals surface area contributed by atoms with Crippen LogP contribution in [0.5, 0.6) is 0 Å². The number of hydrogen-bond donors (Lipinski definition) is 4. The summed E-state index contributed by atoms with van der Waals surface area (Å²) >= 11 is 0. The third kappa shape index (κ3) is 19.2. The molecule has 8 nitrogen and oxygen atoms in total. The van der Waals surface area contributed by atoms with Crippen molar-refractivity contribution in [1.82, 2.24) is 0 Å². The van der Waals surface area contributed by atoms with Gasteiger partial charge in [0.15, 0.2) is 0 Å². The summed E-state index contributed by atoms with van der Waals surface area (Å²) in [6, 6.07) is 8.76. The van der Waals surface area contributed by atoms with E-state index in [1.807, 2.05) is 6.07 Å². The molecule has 1 rings (SSSR count). The lowest BCUT2D eigenvalue weighted by Gasteiger charge is -1.93. The Labute approximate surface area is 159 Å². The summed E-state index contributed by atoms with van der Waals surface area (Å²) in [5.41, 5.74) is 5.53. The molecule has 0 aliphatic rings. The molecule has 172 valence electrons. The highest BCUT2D eigenvalue weighted by atomic mass is 19.4. The second kappa shape index (κ2) is 12.8. The van der Waals surface area contributed by atoms with E-state index in [1.54, 1.807) is 24.3 Å². The van der Waals surface area contributed by atoms with Crippen molar-refractivity contribution >= 4 is 23.8 Å². The zero-order valence-corrected chi connectivity index (χ0v) is 13.8. The standard InChI is InChI=1S/C7H7NO.3C2HF3O2/c8-7(9)6-4-2-1-3-5-6;3*3-2(4,5)1(6)7/h1-5H,(H2,8,9);3*(H,6,7). The number of alkyl halides is 9. The van der Waals surface area contributed by atoms with E-state index in [-0.39, 0.29) is 5.91 Å². The number of primary amides is 1. The molecule has 0 radical (unpaired) electrons. The maximum Gasteiger partial charge on any atom is 0.490 e. The summed E-state index contributed by atoms with van der Waals surface area (Å²) in [5.74, 6) is -8.65. The van der Waals surface area contributed by atoms with Gasteiger partial charge in [-0.25, -0.2) is 14.4 Å². The van der Waals surface area contributed by atoms with E-state index >= 15 is 0 Å². The van der Waals surface area contributed by atoms with Crippen molar-refractivity contribution in [3.05, 3.63) is 35.9 Å². The lowest BCUT2D eigenvalue weighted by molar-refractivity contribution is -0.193. The predicted molar refractivity (Wildman–Crippen MR) is 76.0 cm³/mol. The minimum Gasteiger partial charge on any atom is -0.475 e. The Kier molecular flexibility index (Phi) is 13.3. The Morgan fingerprint density at radius 3 is 0.900 bits per heavy atom. The van der Waals surface area contributed by atoms with Crippen molar-refractivity contribution in [2.24, 2.45) is 5.73 Å². The van der Waals surface area contributed by atoms with Crippen molar-refractivity contribution < 1.29 is 74.0 Å². The largest absolute Gasteiger partial charge is 0.490 e. The van der Waals surface area contributed by atoms with Crippen LogP contribution in [0.4, 0.5) is 39.5 Å². The molecule has 30 heavy (non-hydrogen) atoms. The molecule has 0 unspecified atom stereocenters. The summed E-state index contributed by atoms with van der Waals surface area (Å²) in [5, 5.41) is 21.4. The molecule has 0 bridgehead atoms. The topological polar surface area (TPSA) is 155 Å². The molecule has 1 aromatic carbocycles. The third-order valence-corrected chi connectivity index (χ3v) is 1.79. The average Bonchev–Trinajstić information content (AvgIpc) is 2.54. The Morgan fingerprint density at radius 1 is 0.600 bits per heavy atom. The van der Waals surface area contributed by atoms with Gasteiger partial charge in [-0.15, -0.1) is 0 Å². The Hall–Kier alpha value is -3.53. The number of amides is 1. The number of benzene rings is 1. The van der Waals surface area contributed by atoms with Gasteiger partial charge in [-0.3, -0.25) is 4.79 Å². The summed E-state index contributed by atoms with van der Waals surface area (Å²) < 4.78 is 95.2. The van der Waals surface area contributed by atoms with Gasteiger partial charge in [0.05, 0.1) is 0 Å². The lowest BCUT2D eigenvalue weighted by atomic mass is 10.2. The van der Waals surface area contributed by atoms with Gasteiger partial charge in [0.1, 0.15) is 0 Å². The molecule has 1 amide bonds. The highest BCUT2D eigenvalue weighted by molar-refractivity contribution is 5.92. The number of hydrogen-bond acceptors (Lipinski definition) is 4. The molecule has 1 aromatic rings. The van der Waals surface area contributed by atoms with Gasteiger partial charge in [-0.2, -0.15) is 39.5 Å². The quantitative estimate of drug-likeness (QED) is 0.467. The van der Waals surface area contributed by atoms with E-state index in [9.17, 15) is 44.3 Å². The molecule has 0 saturated carbocycles. The van der Waals surface area contributed by atoms with E-state index in [4.69, 9.17) is 35.4 Å². The first-order chi connectivity index (χ1) is 13.1. The first-order valence-electron chi connectivity index (χ1n) is 6.39. The van der Waals surface area contributed by atoms with E-state index < -0.39 is 36.4 Å². The SMILES string of the molecule is NC(=O)c1ccccc1.O=C(O)C(F)(F)F.O=C(O)C(F)(F)F.O=C(O)C(F)(F)F. The van der Waals surface area contributed by atoms with E-state index in [1.165, 1.54) is 0 Å². The molecule has 0 heterocycles. The Bertz CT molecular complexity index is 641. The van der Waals surface area contributed by atoms with Gasteiger partial charge in [-0.1, -0.05) is 18.2 Å². The van der Waals surface area contributed by atoms with Gasteiger partial charge in [0.2, 0.25) is 5.91 Å². The van der Waals surface area contributed by atoms with Gasteiger partial charge < -0.3 is 21.1 Å². The van der Waals surface area contributed by atoms with Crippen LogP contribution in [0.2, 0.25) is 0 Å². The van der Waals surface area contributed by atoms with Crippen molar-refractivity contribution in [3.8, 4) is 0 Å². The molecule has 0 aliphatic carbocycles. The molecular formula is C13H10F9NO7. The minimum atomic E-state index is -5.08. The first kappa shape index (κ1) is 31.2. The van der Waals surface area contributed by atoms with Crippen molar-refractivity contribution in [2.75, 3.05) is 0 Å². The zero-order valence-electron chi connectivity index (χ0n) is 13.8. The maximum atomic E-state index is 10.6. The van der Waals surface area contributed by atoms with Crippen LogP contribution in [0.25, 0.3) is 0 Å². The van der Waals surface area contributed by atoms with Crippen LogP contribution < -0.4 is 5.73 Å². The molecule has 17 heteroatoms. The highest BCUT2D eigenvalue weighted by Gasteiger charge is 2.39. The minimum absolute atomic E-state index is 0.379. The van der Waals surface area contributed by atoms with Crippen LogP contribution in [0.3, 0.4) is 0 Å². The summed E-state index contributed by atoms with van der Waals surface area (Å²) in [6.45, 7) is 0. The van der Waals surface area contributed by atoms with Crippen LogP contribution in [0, 0.1) is 0 Å². The highest BCUT2D eigenvalue weighted by Crippen LogP contribution is 2.14. The van der Waals surface area contributed by atoms with Crippen LogP contribution in [-0.2, 0) is 14.4 Å². The van der Waals surface area contributed by atoms with E-state index in [0.717, 1.165) is 0 Å². The number of rotatable bonds is 1.